The van der Waals surface area contributed by atoms with Gasteiger partial charge in [-0.05, 0) is 31.9 Å². The van der Waals surface area contributed by atoms with Crippen LogP contribution < -0.4 is 4.90 Å². The Hall–Kier alpha value is -1.91. The van der Waals surface area contributed by atoms with Gasteiger partial charge in [-0.15, -0.1) is 0 Å². The highest BCUT2D eigenvalue weighted by atomic mass is 16.5. The number of ether oxygens (including phenoxy) is 1. The molecule has 5 heteroatoms. The molecule has 0 aromatic carbocycles. The van der Waals surface area contributed by atoms with Crippen molar-refractivity contribution in [3.8, 4) is 0 Å². The van der Waals surface area contributed by atoms with Crippen LogP contribution in [0.15, 0.2) is 18.3 Å². The first-order chi connectivity index (χ1) is 9.61. The summed E-state index contributed by atoms with van der Waals surface area (Å²) in [7, 11) is 0. The normalized spacial score (nSPS) is 16.0. The number of carbonyl (C=O) groups is 2. The minimum atomic E-state index is -0.0859. The molecule has 108 valence electrons. The maximum absolute atomic E-state index is 11.7. The summed E-state index contributed by atoms with van der Waals surface area (Å²) in [5.41, 5.74) is 1.48. The third-order valence-corrected chi connectivity index (χ3v) is 3.59. The molecule has 1 aliphatic rings. The van der Waals surface area contributed by atoms with Gasteiger partial charge in [0.2, 0.25) is 0 Å². The van der Waals surface area contributed by atoms with Crippen molar-refractivity contribution in [2.75, 3.05) is 24.6 Å². The zero-order valence-corrected chi connectivity index (χ0v) is 12.0. The van der Waals surface area contributed by atoms with E-state index in [2.05, 4.69) is 9.88 Å². The summed E-state index contributed by atoms with van der Waals surface area (Å²) in [6.45, 7) is 5.40. The van der Waals surface area contributed by atoms with Crippen LogP contribution in [0.1, 0.15) is 37.2 Å². The lowest BCUT2D eigenvalue weighted by Gasteiger charge is -2.32. The van der Waals surface area contributed by atoms with Crippen LogP contribution in [0.2, 0.25) is 0 Å². The summed E-state index contributed by atoms with van der Waals surface area (Å²) in [5, 5.41) is 0. The number of aromatic nitrogens is 1. The van der Waals surface area contributed by atoms with E-state index >= 15 is 0 Å². The molecule has 1 aromatic rings. The molecule has 5 nitrogen and oxygen atoms in total. The third-order valence-electron chi connectivity index (χ3n) is 3.59. The number of ketones is 1. The van der Waals surface area contributed by atoms with Crippen LogP contribution in [-0.4, -0.2) is 36.4 Å². The lowest BCUT2D eigenvalue weighted by atomic mass is 9.97. The van der Waals surface area contributed by atoms with Gasteiger partial charge in [-0.1, -0.05) is 0 Å². The Morgan fingerprint density at radius 3 is 2.55 bits per heavy atom. The van der Waals surface area contributed by atoms with E-state index in [4.69, 9.17) is 4.74 Å². The highest BCUT2D eigenvalue weighted by molar-refractivity contribution is 5.92. The van der Waals surface area contributed by atoms with Gasteiger partial charge in [-0.25, -0.2) is 0 Å². The molecule has 1 fully saturated rings. The average Bonchev–Trinajstić information content (AvgIpc) is 2.48. The molecule has 1 aromatic heterocycles. The van der Waals surface area contributed by atoms with Crippen LogP contribution in [-0.2, 0) is 9.53 Å². The van der Waals surface area contributed by atoms with Crippen molar-refractivity contribution in [2.45, 2.75) is 26.7 Å². The number of carbonyl (C=O) groups excluding carboxylic acids is 2. The molecule has 2 heterocycles. The number of nitrogens with zero attached hydrogens (tertiary/aromatic N) is 2. The van der Waals surface area contributed by atoms with Crippen LogP contribution in [0.25, 0.3) is 0 Å². The molecular formula is C15H20N2O3. The predicted molar refractivity (Wildman–Crippen MR) is 75.8 cm³/mol. The van der Waals surface area contributed by atoms with Crippen molar-refractivity contribution in [1.29, 1.82) is 0 Å². The molecule has 20 heavy (non-hydrogen) atoms. The molecule has 0 bridgehead atoms. The third kappa shape index (κ3) is 3.35. The Morgan fingerprint density at radius 2 is 2.05 bits per heavy atom. The minimum absolute atomic E-state index is 0.00986. The molecule has 0 spiro atoms. The standard InChI is InChI=1S/C15H20N2O3/c1-3-20-15(19)12-6-8-17(9-7-12)13-4-5-14(11(2)18)16-10-13/h4-5,10,12H,3,6-9H2,1-2H3. The first-order valence-electron chi connectivity index (χ1n) is 7.00. The van der Waals surface area contributed by atoms with Gasteiger partial charge < -0.3 is 9.64 Å². The Labute approximate surface area is 118 Å². The highest BCUT2D eigenvalue weighted by Gasteiger charge is 2.26. The van der Waals surface area contributed by atoms with Gasteiger partial charge in [-0.3, -0.25) is 14.6 Å². The minimum Gasteiger partial charge on any atom is -0.466 e. The molecule has 1 saturated heterocycles. The lowest BCUT2D eigenvalue weighted by Crippen LogP contribution is -2.37. The molecule has 0 N–H and O–H groups in total. The second-order valence-electron chi connectivity index (χ2n) is 4.97. The van der Waals surface area contributed by atoms with Gasteiger partial charge in [0.25, 0.3) is 0 Å². The van der Waals surface area contributed by atoms with E-state index < -0.39 is 0 Å². The highest BCUT2D eigenvalue weighted by Crippen LogP contribution is 2.23. The zero-order valence-electron chi connectivity index (χ0n) is 12.0. The topological polar surface area (TPSA) is 59.5 Å². The second-order valence-corrected chi connectivity index (χ2v) is 4.97. The molecule has 0 amide bonds. The summed E-state index contributed by atoms with van der Waals surface area (Å²) in [6.07, 6.45) is 3.32. The van der Waals surface area contributed by atoms with Crippen LogP contribution in [0, 0.1) is 5.92 Å². The Morgan fingerprint density at radius 1 is 1.35 bits per heavy atom. The monoisotopic (exact) mass is 276 g/mol. The molecule has 0 atom stereocenters. The van der Waals surface area contributed by atoms with Crippen LogP contribution in [0.3, 0.4) is 0 Å². The van der Waals surface area contributed by atoms with Gasteiger partial charge >= 0.3 is 5.97 Å². The summed E-state index contributed by atoms with van der Waals surface area (Å²) in [6, 6.07) is 3.66. The van der Waals surface area contributed by atoms with Crippen molar-refractivity contribution >= 4 is 17.4 Å². The smallest absolute Gasteiger partial charge is 0.309 e. The quantitative estimate of drug-likeness (QED) is 0.622. The van der Waals surface area contributed by atoms with Crippen molar-refractivity contribution in [1.82, 2.24) is 4.98 Å². The van der Waals surface area contributed by atoms with Gasteiger partial charge in [0.1, 0.15) is 5.69 Å². The summed E-state index contributed by atoms with van der Waals surface area (Å²) < 4.78 is 5.06. The fraction of sp³-hybridized carbons (Fsp3) is 0.533. The number of pyridine rings is 1. The molecule has 0 saturated carbocycles. The van der Waals surface area contributed by atoms with Gasteiger partial charge in [0, 0.05) is 20.0 Å². The predicted octanol–water partition coefficient (Wildman–Crippen LogP) is 2.06. The van der Waals surface area contributed by atoms with E-state index in [9.17, 15) is 9.59 Å². The average molecular weight is 276 g/mol. The lowest BCUT2D eigenvalue weighted by molar-refractivity contribution is -0.148. The SMILES string of the molecule is CCOC(=O)C1CCN(c2ccc(C(C)=O)nc2)CC1. The Kier molecular flexibility index (Phi) is 4.71. The van der Waals surface area contributed by atoms with Gasteiger partial charge in [0.15, 0.2) is 5.78 Å². The van der Waals surface area contributed by atoms with Crippen molar-refractivity contribution in [2.24, 2.45) is 5.92 Å². The summed E-state index contributed by atoms with van der Waals surface area (Å²) >= 11 is 0. The first-order valence-corrected chi connectivity index (χ1v) is 7.00. The largest absolute Gasteiger partial charge is 0.466 e. The van der Waals surface area contributed by atoms with E-state index in [0.29, 0.717) is 12.3 Å². The number of hydrogen-bond donors (Lipinski definition) is 0. The van der Waals surface area contributed by atoms with E-state index in [-0.39, 0.29) is 17.7 Å². The van der Waals surface area contributed by atoms with Gasteiger partial charge in [-0.2, -0.15) is 0 Å². The maximum atomic E-state index is 11.7. The molecule has 0 unspecified atom stereocenters. The van der Waals surface area contributed by atoms with Crippen LogP contribution in [0.5, 0.6) is 0 Å². The molecular weight excluding hydrogens is 256 g/mol. The second kappa shape index (κ2) is 6.50. The van der Waals surface area contributed by atoms with E-state index in [0.717, 1.165) is 31.6 Å². The molecule has 0 radical (unpaired) electrons. The van der Waals surface area contributed by atoms with Gasteiger partial charge in [0.05, 0.1) is 24.4 Å². The van der Waals surface area contributed by atoms with E-state index in [1.54, 1.807) is 12.3 Å². The molecule has 2 rings (SSSR count). The van der Waals surface area contributed by atoms with Crippen molar-refractivity contribution in [3.63, 3.8) is 0 Å². The number of piperidine rings is 1. The Bertz CT molecular complexity index is 476. The molecule has 0 aliphatic carbocycles. The maximum Gasteiger partial charge on any atom is 0.309 e. The number of esters is 1. The fourth-order valence-electron chi connectivity index (χ4n) is 2.41. The summed E-state index contributed by atoms with van der Waals surface area (Å²) in [4.78, 5) is 29.2. The van der Waals surface area contributed by atoms with Crippen LogP contribution >= 0.6 is 0 Å². The zero-order chi connectivity index (χ0) is 14.5. The number of anilines is 1. The number of hydrogen-bond acceptors (Lipinski definition) is 5. The molecule has 1 aliphatic heterocycles. The van der Waals surface area contributed by atoms with E-state index in [1.807, 2.05) is 13.0 Å². The number of rotatable bonds is 4. The number of Topliss-reactive ketones (excluding diaryl/α,β-unsaturated/α-hetero) is 1. The van der Waals surface area contributed by atoms with E-state index in [1.165, 1.54) is 6.92 Å². The Balaban J connectivity index is 1.93. The summed E-state index contributed by atoms with van der Waals surface area (Å²) in [5.74, 6) is -0.106. The van der Waals surface area contributed by atoms with Crippen molar-refractivity contribution < 1.29 is 14.3 Å². The van der Waals surface area contributed by atoms with Crippen LogP contribution in [0.4, 0.5) is 5.69 Å². The fourth-order valence-corrected chi connectivity index (χ4v) is 2.41. The van der Waals surface area contributed by atoms with Crippen molar-refractivity contribution in [3.05, 3.63) is 24.0 Å². The first kappa shape index (κ1) is 14.5.